The Bertz CT molecular complexity index is 1630. The number of aromatic amines is 2. The van der Waals surface area contributed by atoms with Gasteiger partial charge in [-0.25, -0.2) is 9.78 Å². The first-order chi connectivity index (χ1) is 19.6. The molecule has 2 aliphatic rings. The largest absolute Gasteiger partial charge is 0.465 e. The van der Waals surface area contributed by atoms with E-state index in [9.17, 15) is 4.79 Å². The highest BCUT2D eigenvalue weighted by Crippen LogP contribution is 2.33. The first-order valence-electron chi connectivity index (χ1n) is 13.5. The summed E-state index contributed by atoms with van der Waals surface area (Å²) in [6.45, 7) is 3.78. The molecule has 0 spiro atoms. The van der Waals surface area contributed by atoms with Crippen LogP contribution in [0.2, 0.25) is 0 Å². The molecule has 0 saturated carbocycles. The Kier molecular flexibility index (Phi) is 6.30. The third-order valence-electron chi connectivity index (χ3n) is 7.99. The number of benzene rings is 3. The molecule has 2 aliphatic heterocycles. The van der Waals surface area contributed by atoms with Gasteiger partial charge in [-0.3, -0.25) is 14.9 Å². The van der Waals surface area contributed by atoms with E-state index in [2.05, 4.69) is 25.0 Å². The number of piperazine rings is 1. The van der Waals surface area contributed by atoms with Crippen molar-refractivity contribution in [2.45, 2.75) is 31.6 Å². The molecule has 2 bridgehead atoms. The van der Waals surface area contributed by atoms with Crippen molar-refractivity contribution in [3.8, 4) is 22.8 Å². The van der Waals surface area contributed by atoms with Gasteiger partial charge in [0.25, 0.3) is 0 Å². The van der Waals surface area contributed by atoms with E-state index in [1.807, 2.05) is 72.8 Å². The van der Waals surface area contributed by atoms with E-state index in [0.717, 1.165) is 65.8 Å². The van der Waals surface area contributed by atoms with Crippen molar-refractivity contribution in [2.75, 3.05) is 20.2 Å². The van der Waals surface area contributed by atoms with Gasteiger partial charge in [-0.05, 0) is 72.1 Å². The number of H-pyrrole nitrogens is 2. The highest BCUT2D eigenvalue weighted by Gasteiger charge is 2.43. The molecule has 202 valence electrons. The van der Waals surface area contributed by atoms with Crippen LogP contribution in [-0.2, 0) is 17.8 Å². The molecule has 3 aromatic carbocycles. The summed E-state index contributed by atoms with van der Waals surface area (Å²) in [5, 5.41) is 6.98. The van der Waals surface area contributed by atoms with E-state index >= 15 is 0 Å². The predicted octanol–water partition coefficient (Wildman–Crippen LogP) is 4.99. The van der Waals surface area contributed by atoms with E-state index in [-0.39, 0.29) is 5.97 Å². The van der Waals surface area contributed by atoms with Crippen molar-refractivity contribution in [2.24, 2.45) is 0 Å². The number of hydrogen-bond acceptors (Lipinski definition) is 7. The minimum Gasteiger partial charge on any atom is -0.465 e. The standard InChI is InChI=1S/C31H30N6O3/c1-39-31(38)22-4-2-20(3-5-22)16-36-17-24-14-23(36)18-37(24)19-30-33-28-11-10-26(15-29(28)34-30)40-25-8-6-21(7-9-25)27-12-13-32-35-27/h2-13,15,23-24H,14,16-19H2,1H3,(H,32,35)(H,33,34)/t23-,24-/m0/s1. The smallest absolute Gasteiger partial charge is 0.337 e. The second-order valence-electron chi connectivity index (χ2n) is 10.5. The molecular weight excluding hydrogens is 504 g/mol. The predicted molar refractivity (Wildman–Crippen MR) is 151 cm³/mol. The molecule has 5 aromatic rings. The van der Waals surface area contributed by atoms with Crippen LogP contribution < -0.4 is 4.74 Å². The number of rotatable bonds is 8. The van der Waals surface area contributed by atoms with Crippen molar-refractivity contribution >= 4 is 17.0 Å². The van der Waals surface area contributed by atoms with E-state index in [1.165, 1.54) is 19.1 Å². The summed E-state index contributed by atoms with van der Waals surface area (Å²) in [6, 6.07) is 24.7. The maximum absolute atomic E-state index is 11.7. The molecule has 7 rings (SSSR count). The zero-order valence-electron chi connectivity index (χ0n) is 22.2. The molecule has 9 heteroatoms. The Balaban J connectivity index is 0.962. The molecule has 0 unspecified atom stereocenters. The number of aromatic nitrogens is 4. The molecule has 0 radical (unpaired) electrons. The van der Waals surface area contributed by atoms with Crippen LogP contribution in [0.15, 0.2) is 79.0 Å². The first kappa shape index (κ1) is 24.6. The van der Waals surface area contributed by atoms with Gasteiger partial charge in [0, 0.05) is 44.0 Å². The number of carbonyl (C=O) groups is 1. The zero-order valence-corrected chi connectivity index (χ0v) is 22.2. The number of imidazole rings is 1. The molecular formula is C31H30N6O3. The summed E-state index contributed by atoms with van der Waals surface area (Å²) in [5.41, 5.74) is 5.76. The van der Waals surface area contributed by atoms with Gasteiger partial charge >= 0.3 is 5.97 Å². The van der Waals surface area contributed by atoms with Crippen molar-refractivity contribution in [3.63, 3.8) is 0 Å². The van der Waals surface area contributed by atoms with Gasteiger partial charge in [-0.1, -0.05) is 12.1 Å². The minimum absolute atomic E-state index is 0.298. The number of carbonyl (C=O) groups excluding carboxylic acids is 1. The van der Waals surface area contributed by atoms with Crippen LogP contribution in [0.25, 0.3) is 22.3 Å². The number of nitrogens with zero attached hydrogens (tertiary/aromatic N) is 4. The molecule has 40 heavy (non-hydrogen) atoms. The van der Waals surface area contributed by atoms with Crippen LogP contribution in [0.5, 0.6) is 11.5 Å². The number of methoxy groups -OCH3 is 1. The number of hydrogen-bond donors (Lipinski definition) is 2. The Hall–Kier alpha value is -4.47. The summed E-state index contributed by atoms with van der Waals surface area (Å²) in [7, 11) is 1.41. The lowest BCUT2D eigenvalue weighted by atomic mass is 10.1. The molecule has 4 heterocycles. The van der Waals surface area contributed by atoms with Gasteiger partial charge < -0.3 is 14.5 Å². The Morgan fingerprint density at radius 3 is 2.38 bits per heavy atom. The normalized spacial score (nSPS) is 18.9. The van der Waals surface area contributed by atoms with E-state index < -0.39 is 0 Å². The van der Waals surface area contributed by atoms with Crippen LogP contribution in [0.4, 0.5) is 0 Å². The Labute approximate surface area is 231 Å². The van der Waals surface area contributed by atoms with Crippen molar-refractivity contribution in [3.05, 3.63) is 95.9 Å². The zero-order chi connectivity index (χ0) is 27.1. The van der Waals surface area contributed by atoms with Crippen molar-refractivity contribution in [1.29, 1.82) is 0 Å². The molecule has 2 N–H and O–H groups in total. The first-order valence-corrected chi connectivity index (χ1v) is 13.5. The molecule has 2 fully saturated rings. The number of esters is 1. The van der Waals surface area contributed by atoms with Gasteiger partial charge in [-0.15, -0.1) is 0 Å². The van der Waals surface area contributed by atoms with Gasteiger partial charge in [0.1, 0.15) is 17.3 Å². The lowest BCUT2D eigenvalue weighted by Crippen LogP contribution is -2.45. The van der Waals surface area contributed by atoms with E-state index in [0.29, 0.717) is 17.6 Å². The second-order valence-corrected chi connectivity index (χ2v) is 10.5. The summed E-state index contributed by atoms with van der Waals surface area (Å²) in [4.78, 5) is 25.2. The Morgan fingerprint density at radius 1 is 0.925 bits per heavy atom. The number of likely N-dealkylation sites (tertiary alicyclic amines) is 2. The van der Waals surface area contributed by atoms with Crippen LogP contribution >= 0.6 is 0 Å². The Morgan fingerprint density at radius 2 is 1.68 bits per heavy atom. The monoisotopic (exact) mass is 534 g/mol. The van der Waals surface area contributed by atoms with Gasteiger partial charge in [-0.2, -0.15) is 5.10 Å². The van der Waals surface area contributed by atoms with Gasteiger partial charge in [0.15, 0.2) is 0 Å². The fraction of sp³-hybridized carbons (Fsp3) is 0.258. The topological polar surface area (TPSA) is 99.4 Å². The summed E-state index contributed by atoms with van der Waals surface area (Å²) >= 11 is 0. The maximum atomic E-state index is 11.7. The van der Waals surface area contributed by atoms with Gasteiger partial charge in [0.05, 0.1) is 35.9 Å². The molecule has 0 aliphatic carbocycles. The minimum atomic E-state index is -0.298. The third kappa shape index (κ3) is 4.85. The lowest BCUT2D eigenvalue weighted by Gasteiger charge is -2.33. The maximum Gasteiger partial charge on any atom is 0.337 e. The SMILES string of the molecule is COC(=O)c1ccc(CN2C[C@@H]3C[C@H]2CN3Cc2nc3cc(Oc4ccc(-c5ccn[nH]5)cc4)ccc3[nH]2)cc1. The van der Waals surface area contributed by atoms with E-state index in [1.54, 1.807) is 6.20 Å². The number of fused-ring (bicyclic) bond motifs is 3. The lowest BCUT2D eigenvalue weighted by molar-refractivity contribution is 0.0600. The van der Waals surface area contributed by atoms with Crippen molar-refractivity contribution < 1.29 is 14.3 Å². The molecule has 2 atom stereocenters. The van der Waals surface area contributed by atoms with Crippen LogP contribution in [0.1, 0.15) is 28.2 Å². The van der Waals surface area contributed by atoms with Crippen LogP contribution in [-0.4, -0.2) is 68.2 Å². The van der Waals surface area contributed by atoms with Crippen LogP contribution in [0.3, 0.4) is 0 Å². The van der Waals surface area contributed by atoms with Crippen LogP contribution in [0, 0.1) is 0 Å². The molecule has 9 nitrogen and oxygen atoms in total. The summed E-state index contributed by atoms with van der Waals surface area (Å²) in [5.74, 6) is 2.22. The fourth-order valence-corrected chi connectivity index (χ4v) is 5.94. The molecule has 0 amide bonds. The highest BCUT2D eigenvalue weighted by atomic mass is 16.5. The van der Waals surface area contributed by atoms with Crippen molar-refractivity contribution in [1.82, 2.24) is 30.0 Å². The summed E-state index contributed by atoms with van der Waals surface area (Å²) in [6.07, 6.45) is 2.92. The second kappa shape index (κ2) is 10.3. The average molecular weight is 535 g/mol. The quantitative estimate of drug-likeness (QED) is 0.271. The third-order valence-corrected chi connectivity index (χ3v) is 7.99. The van der Waals surface area contributed by atoms with E-state index in [4.69, 9.17) is 14.5 Å². The molecule has 2 saturated heterocycles. The highest BCUT2D eigenvalue weighted by molar-refractivity contribution is 5.89. The fourth-order valence-electron chi connectivity index (χ4n) is 5.94. The number of ether oxygens (including phenoxy) is 2. The number of nitrogens with one attached hydrogen (secondary N) is 2. The summed E-state index contributed by atoms with van der Waals surface area (Å²) < 4.78 is 10.9. The van der Waals surface area contributed by atoms with Gasteiger partial charge in [0.2, 0.25) is 0 Å². The average Bonchev–Trinajstić information content (AvgIpc) is 3.78. The molecule has 2 aromatic heterocycles.